The van der Waals surface area contributed by atoms with E-state index in [9.17, 15) is 0 Å². The molecule has 0 atom stereocenters. The maximum absolute atomic E-state index is 4.45. The second-order valence-electron chi connectivity index (χ2n) is 7.10. The fraction of sp³-hybridized carbons (Fsp3) is 0.500. The molecule has 0 fully saturated rings. The van der Waals surface area contributed by atoms with Crippen LogP contribution in [0, 0.1) is 0 Å². The molecule has 0 aliphatic heterocycles. The van der Waals surface area contributed by atoms with Crippen LogP contribution in [0.4, 0.5) is 0 Å². The molecule has 0 bridgehead atoms. The molecule has 102 valence electrons. The van der Waals surface area contributed by atoms with Gasteiger partial charge in [0.25, 0.3) is 0 Å². The van der Waals surface area contributed by atoms with Gasteiger partial charge in [-0.3, -0.25) is 10.1 Å². The molecule has 0 radical (unpaired) electrons. The predicted octanol–water partition coefficient (Wildman–Crippen LogP) is 4.07. The predicted molar refractivity (Wildman–Crippen MR) is 79.2 cm³/mol. The molecule has 2 aromatic rings. The second kappa shape index (κ2) is 4.48. The van der Waals surface area contributed by atoms with E-state index in [1.54, 1.807) is 0 Å². The average molecular weight is 257 g/mol. The number of hydrogen-bond donors (Lipinski definition) is 1. The van der Waals surface area contributed by atoms with Crippen molar-refractivity contribution in [1.82, 2.24) is 15.2 Å². The molecule has 2 heterocycles. The first-order valence-corrected chi connectivity index (χ1v) is 6.71. The summed E-state index contributed by atoms with van der Waals surface area (Å²) >= 11 is 0. The van der Waals surface area contributed by atoms with Crippen LogP contribution in [0.2, 0.25) is 0 Å². The highest BCUT2D eigenvalue weighted by atomic mass is 15.1. The van der Waals surface area contributed by atoms with Crippen LogP contribution >= 0.6 is 0 Å². The van der Waals surface area contributed by atoms with E-state index in [0.29, 0.717) is 0 Å². The quantitative estimate of drug-likeness (QED) is 0.836. The fourth-order valence-corrected chi connectivity index (χ4v) is 1.88. The molecule has 0 aliphatic carbocycles. The molecule has 2 rings (SSSR count). The third-order valence-electron chi connectivity index (χ3n) is 3.25. The molecule has 0 saturated carbocycles. The van der Waals surface area contributed by atoms with Crippen molar-refractivity contribution in [3.05, 3.63) is 35.7 Å². The molecule has 0 saturated heterocycles. The summed E-state index contributed by atoms with van der Waals surface area (Å²) < 4.78 is 0. The zero-order chi connectivity index (χ0) is 14.3. The van der Waals surface area contributed by atoms with Gasteiger partial charge in [-0.05, 0) is 29.2 Å². The maximum atomic E-state index is 4.45. The average Bonchev–Trinajstić information content (AvgIpc) is 2.77. The Morgan fingerprint density at radius 2 is 1.63 bits per heavy atom. The van der Waals surface area contributed by atoms with Gasteiger partial charge in [-0.2, -0.15) is 5.10 Å². The molecule has 2 aromatic heterocycles. The van der Waals surface area contributed by atoms with Crippen molar-refractivity contribution < 1.29 is 0 Å². The van der Waals surface area contributed by atoms with Crippen molar-refractivity contribution in [2.75, 3.05) is 0 Å². The summed E-state index contributed by atoms with van der Waals surface area (Å²) in [6.07, 6.45) is 1.87. The van der Waals surface area contributed by atoms with E-state index in [2.05, 4.69) is 74.9 Å². The molecule has 3 heteroatoms. The van der Waals surface area contributed by atoms with E-state index in [-0.39, 0.29) is 10.8 Å². The molecule has 0 aliphatic rings. The van der Waals surface area contributed by atoms with E-state index in [1.165, 1.54) is 5.56 Å². The monoisotopic (exact) mass is 257 g/mol. The second-order valence-corrected chi connectivity index (χ2v) is 7.10. The first-order valence-electron chi connectivity index (χ1n) is 6.71. The van der Waals surface area contributed by atoms with Gasteiger partial charge in [0.2, 0.25) is 0 Å². The van der Waals surface area contributed by atoms with E-state index in [1.807, 2.05) is 6.20 Å². The minimum absolute atomic E-state index is 0.0520. The Bertz CT molecular complexity index is 568. The van der Waals surface area contributed by atoms with Crippen LogP contribution in [-0.2, 0) is 10.8 Å². The summed E-state index contributed by atoms with van der Waals surface area (Å²) in [6, 6.07) is 6.30. The first kappa shape index (κ1) is 13.8. The molecule has 0 amide bonds. The number of aromatic amines is 1. The van der Waals surface area contributed by atoms with Gasteiger partial charge in [-0.25, -0.2) is 0 Å². The lowest BCUT2D eigenvalue weighted by Gasteiger charge is -2.19. The summed E-state index contributed by atoms with van der Waals surface area (Å²) in [6.45, 7) is 13.1. The standard InChI is InChI=1S/C16H23N3/c1-15(2,3)11-7-8-17-12(9-11)13-10-14(19-18-13)16(4,5)6/h7-10H,1-6H3,(H,18,19). The van der Waals surface area contributed by atoms with Crippen molar-refractivity contribution in [2.24, 2.45) is 0 Å². The maximum Gasteiger partial charge on any atom is 0.0883 e. The van der Waals surface area contributed by atoms with Crippen molar-refractivity contribution in [2.45, 2.75) is 52.4 Å². The smallest absolute Gasteiger partial charge is 0.0883 e. The minimum atomic E-state index is 0.0520. The summed E-state index contributed by atoms with van der Waals surface area (Å²) in [4.78, 5) is 4.45. The highest BCUT2D eigenvalue weighted by molar-refractivity contribution is 5.56. The Labute approximate surface area is 115 Å². The number of H-pyrrole nitrogens is 1. The lowest BCUT2D eigenvalue weighted by Crippen LogP contribution is -2.11. The highest BCUT2D eigenvalue weighted by Gasteiger charge is 2.19. The number of nitrogens with one attached hydrogen (secondary N) is 1. The molecule has 0 spiro atoms. The van der Waals surface area contributed by atoms with Gasteiger partial charge in [0.15, 0.2) is 0 Å². The Kier molecular flexibility index (Phi) is 3.25. The van der Waals surface area contributed by atoms with E-state index < -0.39 is 0 Å². The van der Waals surface area contributed by atoms with Crippen LogP contribution in [0.15, 0.2) is 24.4 Å². The number of aromatic nitrogens is 3. The molecule has 1 N–H and O–H groups in total. The van der Waals surface area contributed by atoms with Crippen LogP contribution < -0.4 is 0 Å². The molecular formula is C16H23N3. The van der Waals surface area contributed by atoms with Gasteiger partial charge in [-0.1, -0.05) is 41.5 Å². The van der Waals surface area contributed by atoms with Gasteiger partial charge >= 0.3 is 0 Å². The molecule has 19 heavy (non-hydrogen) atoms. The zero-order valence-electron chi connectivity index (χ0n) is 12.7. The molecule has 0 aromatic carbocycles. The summed E-state index contributed by atoms with van der Waals surface area (Å²) in [5.41, 5.74) is 4.46. The highest BCUT2D eigenvalue weighted by Crippen LogP contribution is 2.27. The third-order valence-corrected chi connectivity index (χ3v) is 3.25. The van der Waals surface area contributed by atoms with Crippen LogP contribution in [0.25, 0.3) is 11.4 Å². The van der Waals surface area contributed by atoms with Crippen molar-refractivity contribution >= 4 is 0 Å². The van der Waals surface area contributed by atoms with Gasteiger partial charge in [0.1, 0.15) is 0 Å². The van der Waals surface area contributed by atoms with Gasteiger partial charge < -0.3 is 0 Å². The lowest BCUT2D eigenvalue weighted by atomic mass is 9.87. The van der Waals surface area contributed by atoms with Gasteiger partial charge in [0.05, 0.1) is 17.1 Å². The number of nitrogens with zero attached hydrogens (tertiary/aromatic N) is 2. The van der Waals surface area contributed by atoms with Crippen molar-refractivity contribution in [3.63, 3.8) is 0 Å². The minimum Gasteiger partial charge on any atom is -0.276 e. The summed E-state index contributed by atoms with van der Waals surface area (Å²) in [5, 5.41) is 7.49. The topological polar surface area (TPSA) is 41.6 Å². The largest absolute Gasteiger partial charge is 0.276 e. The summed E-state index contributed by atoms with van der Waals surface area (Å²) in [7, 11) is 0. The van der Waals surface area contributed by atoms with Crippen LogP contribution in [-0.4, -0.2) is 15.2 Å². The van der Waals surface area contributed by atoms with Crippen LogP contribution in [0.1, 0.15) is 52.8 Å². The Morgan fingerprint density at radius 3 is 2.16 bits per heavy atom. The summed E-state index contributed by atoms with van der Waals surface area (Å²) in [5.74, 6) is 0. The Hall–Kier alpha value is -1.64. The number of rotatable bonds is 1. The molecular weight excluding hydrogens is 234 g/mol. The molecule has 0 unspecified atom stereocenters. The number of pyridine rings is 1. The van der Waals surface area contributed by atoms with E-state index in [4.69, 9.17) is 0 Å². The fourth-order valence-electron chi connectivity index (χ4n) is 1.88. The van der Waals surface area contributed by atoms with Gasteiger partial charge in [0, 0.05) is 11.6 Å². The van der Waals surface area contributed by atoms with Crippen LogP contribution in [0.3, 0.4) is 0 Å². The molecule has 3 nitrogen and oxygen atoms in total. The van der Waals surface area contributed by atoms with E-state index >= 15 is 0 Å². The van der Waals surface area contributed by atoms with E-state index in [0.717, 1.165) is 17.1 Å². The Balaban J connectivity index is 2.40. The zero-order valence-corrected chi connectivity index (χ0v) is 12.7. The lowest BCUT2D eigenvalue weighted by molar-refractivity contribution is 0.567. The Morgan fingerprint density at radius 1 is 0.947 bits per heavy atom. The van der Waals surface area contributed by atoms with Crippen LogP contribution in [0.5, 0.6) is 0 Å². The van der Waals surface area contributed by atoms with Gasteiger partial charge in [-0.15, -0.1) is 0 Å². The van der Waals surface area contributed by atoms with Crippen molar-refractivity contribution in [1.29, 1.82) is 0 Å². The first-order chi connectivity index (χ1) is 8.68. The third kappa shape index (κ3) is 3.03. The SMILES string of the molecule is CC(C)(C)c1ccnc(-c2cc(C(C)(C)C)n[nH]2)c1. The van der Waals surface area contributed by atoms with Crippen molar-refractivity contribution in [3.8, 4) is 11.4 Å². The number of hydrogen-bond acceptors (Lipinski definition) is 2. The normalized spacial score (nSPS) is 12.7.